The fourth-order valence-corrected chi connectivity index (χ4v) is 3.70. The van der Waals surface area contributed by atoms with Crippen molar-refractivity contribution in [3.05, 3.63) is 63.8 Å². The molecule has 1 aliphatic heterocycles. The minimum absolute atomic E-state index is 0.0802. The van der Waals surface area contributed by atoms with Crippen LogP contribution in [-0.2, 0) is 6.42 Å². The Labute approximate surface area is 163 Å². The molecule has 2 N–H and O–H groups in total. The van der Waals surface area contributed by atoms with Crippen molar-refractivity contribution < 1.29 is 14.6 Å². The van der Waals surface area contributed by atoms with Crippen LogP contribution < -0.4 is 5.43 Å². The van der Waals surface area contributed by atoms with Gasteiger partial charge in [-0.05, 0) is 37.1 Å². The van der Waals surface area contributed by atoms with Crippen LogP contribution in [0, 0.1) is 0 Å². The lowest BCUT2D eigenvalue weighted by molar-refractivity contribution is 0.369. The lowest BCUT2D eigenvalue weighted by Gasteiger charge is -2.23. The van der Waals surface area contributed by atoms with Crippen molar-refractivity contribution in [2.45, 2.75) is 19.8 Å². The van der Waals surface area contributed by atoms with Gasteiger partial charge in [0.1, 0.15) is 22.6 Å². The van der Waals surface area contributed by atoms with E-state index in [0.29, 0.717) is 11.3 Å². The Hall–Kier alpha value is -3.05. The molecule has 0 aliphatic carbocycles. The molecule has 144 valence electrons. The van der Waals surface area contributed by atoms with Gasteiger partial charge in [0.05, 0.1) is 5.56 Å². The third kappa shape index (κ3) is 3.18. The summed E-state index contributed by atoms with van der Waals surface area (Å²) >= 11 is 0. The van der Waals surface area contributed by atoms with Crippen LogP contribution in [0.25, 0.3) is 27.9 Å². The Morgan fingerprint density at radius 1 is 1.14 bits per heavy atom. The topological polar surface area (TPSA) is 73.9 Å². The fraction of sp³-hybridized carbons (Fsp3) is 0.261. The van der Waals surface area contributed by atoms with Gasteiger partial charge in [0, 0.05) is 30.8 Å². The predicted octanol–water partition coefficient (Wildman–Crippen LogP) is 4.15. The van der Waals surface area contributed by atoms with E-state index in [9.17, 15) is 15.0 Å². The van der Waals surface area contributed by atoms with Gasteiger partial charge in [-0.3, -0.25) is 4.79 Å². The number of nitrogens with zero attached hydrogens (tertiary/aromatic N) is 1. The Kier molecular flexibility index (Phi) is 4.69. The van der Waals surface area contributed by atoms with Gasteiger partial charge in [-0.15, -0.1) is 0 Å². The van der Waals surface area contributed by atoms with Gasteiger partial charge in [-0.2, -0.15) is 0 Å². The van der Waals surface area contributed by atoms with Crippen molar-refractivity contribution in [3.8, 4) is 22.8 Å². The molecule has 0 saturated heterocycles. The van der Waals surface area contributed by atoms with E-state index in [4.69, 9.17) is 4.42 Å². The highest BCUT2D eigenvalue weighted by Gasteiger charge is 2.22. The molecule has 0 atom stereocenters. The average molecular weight is 377 g/mol. The van der Waals surface area contributed by atoms with Gasteiger partial charge < -0.3 is 19.5 Å². The lowest BCUT2D eigenvalue weighted by Crippen LogP contribution is -2.23. The molecule has 0 amide bonds. The molecule has 0 spiro atoms. The van der Waals surface area contributed by atoms with E-state index in [1.54, 1.807) is 0 Å². The minimum Gasteiger partial charge on any atom is -0.507 e. The second-order valence-corrected chi connectivity index (χ2v) is 7.26. The largest absolute Gasteiger partial charge is 0.507 e. The van der Waals surface area contributed by atoms with Gasteiger partial charge in [-0.25, -0.2) is 0 Å². The van der Waals surface area contributed by atoms with Gasteiger partial charge in [0.2, 0.25) is 0 Å². The molecule has 4 rings (SSSR count). The molecule has 0 fully saturated rings. The zero-order valence-corrected chi connectivity index (χ0v) is 16.0. The first-order valence-electron chi connectivity index (χ1n) is 9.48. The number of fused-ring (bicyclic) bond motifs is 1. The van der Waals surface area contributed by atoms with Crippen molar-refractivity contribution in [2.24, 2.45) is 0 Å². The summed E-state index contributed by atoms with van der Waals surface area (Å²) in [6.45, 7) is 3.66. The van der Waals surface area contributed by atoms with Gasteiger partial charge >= 0.3 is 0 Å². The number of benzene rings is 2. The Morgan fingerprint density at radius 2 is 1.96 bits per heavy atom. The van der Waals surface area contributed by atoms with Crippen molar-refractivity contribution >= 4 is 16.5 Å². The number of phenols is 2. The number of rotatable bonds is 3. The summed E-state index contributed by atoms with van der Waals surface area (Å²) in [4.78, 5) is 15.0. The molecule has 1 aromatic heterocycles. The first-order valence-corrected chi connectivity index (χ1v) is 9.48. The SMILES string of the molecule is CCc1cccc(-c2cc(=O)c3c(O)cc(O)c(C4=CCN(C)CC4)c3o2)c1. The summed E-state index contributed by atoms with van der Waals surface area (Å²) in [5.74, 6) is 0.0726. The molecular weight excluding hydrogens is 354 g/mol. The van der Waals surface area contributed by atoms with Crippen LogP contribution in [0.4, 0.5) is 0 Å². The van der Waals surface area contributed by atoms with Gasteiger partial charge in [0.25, 0.3) is 0 Å². The Balaban J connectivity index is 1.99. The van der Waals surface area contributed by atoms with Crippen molar-refractivity contribution in [3.63, 3.8) is 0 Å². The van der Waals surface area contributed by atoms with Gasteiger partial charge in [-0.1, -0.05) is 31.2 Å². The lowest BCUT2D eigenvalue weighted by atomic mass is 9.95. The second-order valence-electron chi connectivity index (χ2n) is 7.26. The normalized spacial score (nSPS) is 15.0. The molecule has 2 aromatic carbocycles. The molecule has 0 bridgehead atoms. The quantitative estimate of drug-likeness (QED) is 0.717. The van der Waals surface area contributed by atoms with Crippen molar-refractivity contribution in [1.82, 2.24) is 4.90 Å². The summed E-state index contributed by atoms with van der Waals surface area (Å²) < 4.78 is 6.13. The summed E-state index contributed by atoms with van der Waals surface area (Å²) in [5.41, 5.74) is 3.25. The van der Waals surface area contributed by atoms with E-state index in [0.717, 1.165) is 42.6 Å². The van der Waals surface area contributed by atoms with Crippen molar-refractivity contribution in [2.75, 3.05) is 20.1 Å². The number of hydrogen-bond acceptors (Lipinski definition) is 5. The number of hydrogen-bond donors (Lipinski definition) is 2. The standard InChI is InChI=1S/C23H23NO4/c1-3-14-5-4-6-16(11-14)20-13-19(27)22-18(26)12-17(25)21(23(22)28-20)15-7-9-24(2)10-8-15/h4-7,11-13,25-26H,3,8-10H2,1-2H3. The number of aryl methyl sites for hydroxylation is 1. The van der Waals surface area contributed by atoms with Crippen LogP contribution in [0.15, 0.2) is 51.7 Å². The minimum atomic E-state index is -0.328. The molecule has 5 heteroatoms. The molecule has 0 saturated carbocycles. The Bertz CT molecular complexity index is 1140. The van der Waals surface area contributed by atoms with Crippen LogP contribution in [0.1, 0.15) is 24.5 Å². The molecule has 3 aromatic rings. The molecule has 5 nitrogen and oxygen atoms in total. The van der Waals surface area contributed by atoms with E-state index in [1.165, 1.54) is 12.1 Å². The first kappa shape index (κ1) is 18.3. The first-order chi connectivity index (χ1) is 13.5. The van der Waals surface area contributed by atoms with Crippen LogP contribution in [0.2, 0.25) is 0 Å². The van der Waals surface area contributed by atoms with Gasteiger partial charge in [0.15, 0.2) is 11.0 Å². The van der Waals surface area contributed by atoms with E-state index in [-0.39, 0.29) is 27.9 Å². The summed E-state index contributed by atoms with van der Waals surface area (Å²) in [5, 5.41) is 21.0. The maximum atomic E-state index is 12.8. The second kappa shape index (κ2) is 7.17. The van der Waals surface area contributed by atoms with E-state index in [1.807, 2.05) is 37.4 Å². The highest BCUT2D eigenvalue weighted by Crippen LogP contribution is 2.40. The summed E-state index contributed by atoms with van der Waals surface area (Å²) in [6, 6.07) is 10.5. The molecule has 1 aliphatic rings. The average Bonchev–Trinajstić information content (AvgIpc) is 2.68. The van der Waals surface area contributed by atoms with Crippen LogP contribution in [0.3, 0.4) is 0 Å². The highest BCUT2D eigenvalue weighted by molar-refractivity contribution is 5.96. The van der Waals surface area contributed by atoms with Crippen LogP contribution >= 0.6 is 0 Å². The van der Waals surface area contributed by atoms with E-state index < -0.39 is 0 Å². The zero-order valence-electron chi connectivity index (χ0n) is 16.0. The van der Waals surface area contributed by atoms with Crippen LogP contribution in [-0.4, -0.2) is 35.3 Å². The fourth-order valence-electron chi connectivity index (χ4n) is 3.70. The maximum absolute atomic E-state index is 12.8. The molecule has 0 radical (unpaired) electrons. The van der Waals surface area contributed by atoms with Crippen LogP contribution in [0.5, 0.6) is 11.5 Å². The third-order valence-electron chi connectivity index (χ3n) is 5.31. The monoisotopic (exact) mass is 377 g/mol. The highest BCUT2D eigenvalue weighted by atomic mass is 16.3. The smallest absolute Gasteiger partial charge is 0.197 e. The Morgan fingerprint density at radius 3 is 2.68 bits per heavy atom. The summed E-state index contributed by atoms with van der Waals surface area (Å²) in [7, 11) is 2.03. The van der Waals surface area contributed by atoms with E-state index >= 15 is 0 Å². The summed E-state index contributed by atoms with van der Waals surface area (Å²) in [6.07, 6.45) is 3.63. The van der Waals surface area contributed by atoms with E-state index in [2.05, 4.69) is 11.8 Å². The predicted molar refractivity (Wildman–Crippen MR) is 111 cm³/mol. The molecule has 0 unspecified atom stereocenters. The zero-order chi connectivity index (χ0) is 19.8. The van der Waals surface area contributed by atoms with Crippen molar-refractivity contribution in [1.29, 1.82) is 0 Å². The number of phenolic OH excluding ortho intramolecular Hbond substituents is 2. The molecule has 2 heterocycles. The third-order valence-corrected chi connectivity index (χ3v) is 5.31. The maximum Gasteiger partial charge on any atom is 0.197 e. The number of likely N-dealkylation sites (N-methyl/N-ethyl adjacent to an activating group) is 1. The number of aromatic hydroxyl groups is 2. The molecule has 28 heavy (non-hydrogen) atoms. The molecular formula is C23H23NO4.